The normalized spacial score (nSPS) is 34.5. The predicted octanol–water partition coefficient (Wildman–Crippen LogP) is 3.39. The fourth-order valence-electron chi connectivity index (χ4n) is 6.46. The number of Topliss-reactive ketones (excluding diaryl/α,β-unsaturated/α-hetero) is 1. The molecule has 4 atom stereocenters. The zero-order valence-electron chi connectivity index (χ0n) is 19.2. The molecule has 0 aliphatic heterocycles. The van der Waals surface area contributed by atoms with E-state index in [1.165, 1.54) is 0 Å². The average molecular weight is 447 g/mol. The van der Waals surface area contributed by atoms with E-state index in [1.54, 1.807) is 0 Å². The van der Waals surface area contributed by atoms with E-state index < -0.39 is 42.1 Å². The van der Waals surface area contributed by atoms with Gasteiger partial charge in [0.1, 0.15) is 18.6 Å². The first-order valence-electron chi connectivity index (χ1n) is 11.3. The minimum absolute atomic E-state index is 0.0243. The smallest absolute Gasteiger partial charge is 0.317 e. The molecular formula is C25H34O7. The van der Waals surface area contributed by atoms with Gasteiger partial charge in [-0.05, 0) is 60.8 Å². The molecule has 0 saturated heterocycles. The van der Waals surface area contributed by atoms with Crippen molar-refractivity contribution < 1.29 is 34.1 Å². The number of aliphatic carboxylic acids is 1. The van der Waals surface area contributed by atoms with Crippen molar-refractivity contribution in [1.82, 2.24) is 0 Å². The number of carboxylic acid groups (broad SMARTS) is 1. The molecule has 2 N–H and O–H groups in total. The van der Waals surface area contributed by atoms with E-state index in [-0.39, 0.29) is 35.2 Å². The zero-order chi connectivity index (χ0) is 23.9. The van der Waals surface area contributed by atoms with Crippen LogP contribution in [-0.2, 0) is 23.9 Å². The number of carbonyl (C=O) groups excluding carboxylic acids is 3. The molecule has 7 heteroatoms. The summed E-state index contributed by atoms with van der Waals surface area (Å²) in [6.07, 6.45) is 5.16. The van der Waals surface area contributed by atoms with Crippen molar-refractivity contribution in [2.24, 2.45) is 22.7 Å². The summed E-state index contributed by atoms with van der Waals surface area (Å²) in [4.78, 5) is 47.6. The summed E-state index contributed by atoms with van der Waals surface area (Å²) in [6, 6.07) is 0. The summed E-state index contributed by atoms with van der Waals surface area (Å²) < 4.78 is 4.80. The van der Waals surface area contributed by atoms with Crippen molar-refractivity contribution >= 4 is 23.5 Å². The van der Waals surface area contributed by atoms with E-state index in [0.29, 0.717) is 5.92 Å². The minimum Gasteiger partial charge on any atom is -0.481 e. The van der Waals surface area contributed by atoms with Crippen molar-refractivity contribution in [2.75, 3.05) is 6.61 Å². The summed E-state index contributed by atoms with van der Waals surface area (Å²) in [7, 11) is 0. The van der Waals surface area contributed by atoms with Gasteiger partial charge in [-0.3, -0.25) is 19.2 Å². The summed E-state index contributed by atoms with van der Waals surface area (Å²) in [5.41, 5.74) is -0.720. The standard InChI is InChI=1S/C25H34O7/c1-15-6-7-19-23(2,3)8-5-9-24(19,4)17(15)12-25(31)13-18(26)16(10-20(25)27)14-32-22(30)11-21(28)29/h10,17,19,31H,1,5-9,11-14H2,2-4H3,(H,28,29). The number of carbonyl (C=O) groups is 4. The molecule has 3 rings (SSSR count). The number of hydrogen-bond acceptors (Lipinski definition) is 6. The second kappa shape index (κ2) is 8.58. The highest BCUT2D eigenvalue weighted by atomic mass is 16.5. The molecule has 7 nitrogen and oxygen atoms in total. The highest BCUT2D eigenvalue weighted by Crippen LogP contribution is 2.62. The average Bonchev–Trinajstić information content (AvgIpc) is 2.65. The third-order valence-electron chi connectivity index (χ3n) is 8.12. The molecule has 2 fully saturated rings. The third kappa shape index (κ3) is 4.58. The molecule has 0 bridgehead atoms. The minimum atomic E-state index is -1.81. The van der Waals surface area contributed by atoms with Gasteiger partial charge in [0.25, 0.3) is 0 Å². The Kier molecular flexibility index (Phi) is 6.53. The SMILES string of the molecule is C=C1CCC2C(C)(C)CCCC2(C)C1CC1(O)CC(=O)C(COC(=O)CC(=O)O)=CC1=O. The Balaban J connectivity index is 1.78. The van der Waals surface area contributed by atoms with Crippen LogP contribution >= 0.6 is 0 Å². The van der Waals surface area contributed by atoms with Crippen LogP contribution in [0, 0.1) is 22.7 Å². The van der Waals surface area contributed by atoms with E-state index in [4.69, 9.17) is 9.84 Å². The van der Waals surface area contributed by atoms with Crippen LogP contribution in [0.2, 0.25) is 0 Å². The summed E-state index contributed by atoms with van der Waals surface area (Å²) in [5, 5.41) is 19.9. The molecular weight excluding hydrogens is 412 g/mol. The van der Waals surface area contributed by atoms with Gasteiger partial charge in [0.15, 0.2) is 11.6 Å². The fraction of sp³-hybridized carbons (Fsp3) is 0.680. The van der Waals surface area contributed by atoms with Gasteiger partial charge in [0, 0.05) is 12.0 Å². The first kappa shape index (κ1) is 24.4. The molecule has 0 aromatic heterocycles. The summed E-state index contributed by atoms with van der Waals surface area (Å²) >= 11 is 0. The molecule has 0 heterocycles. The van der Waals surface area contributed by atoms with E-state index in [0.717, 1.165) is 43.8 Å². The number of ketones is 2. The topological polar surface area (TPSA) is 118 Å². The molecule has 32 heavy (non-hydrogen) atoms. The Bertz CT molecular complexity index is 883. The molecule has 4 unspecified atom stereocenters. The van der Waals surface area contributed by atoms with Crippen LogP contribution in [0.4, 0.5) is 0 Å². The number of rotatable bonds is 6. The molecule has 0 radical (unpaired) electrons. The van der Waals surface area contributed by atoms with Gasteiger partial charge in [0.2, 0.25) is 0 Å². The van der Waals surface area contributed by atoms with Gasteiger partial charge in [-0.25, -0.2) is 0 Å². The van der Waals surface area contributed by atoms with Crippen LogP contribution in [-0.4, -0.2) is 45.9 Å². The number of allylic oxidation sites excluding steroid dienone is 1. The molecule has 2 saturated carbocycles. The quantitative estimate of drug-likeness (QED) is 0.365. The van der Waals surface area contributed by atoms with Gasteiger partial charge in [-0.1, -0.05) is 39.3 Å². The Morgan fingerprint density at radius 3 is 2.56 bits per heavy atom. The molecule has 0 aromatic carbocycles. The van der Waals surface area contributed by atoms with Crippen LogP contribution in [0.25, 0.3) is 0 Å². The van der Waals surface area contributed by atoms with Gasteiger partial charge >= 0.3 is 11.9 Å². The first-order valence-corrected chi connectivity index (χ1v) is 11.3. The second-order valence-corrected chi connectivity index (χ2v) is 10.8. The van der Waals surface area contributed by atoms with Crippen LogP contribution in [0.15, 0.2) is 23.8 Å². The number of ether oxygens (including phenoxy) is 1. The molecule has 0 spiro atoms. The fourth-order valence-corrected chi connectivity index (χ4v) is 6.46. The van der Waals surface area contributed by atoms with Crippen molar-refractivity contribution in [1.29, 1.82) is 0 Å². The van der Waals surface area contributed by atoms with Crippen molar-refractivity contribution in [3.05, 3.63) is 23.8 Å². The van der Waals surface area contributed by atoms with Crippen molar-refractivity contribution in [2.45, 2.75) is 77.7 Å². The lowest BCUT2D eigenvalue weighted by Crippen LogP contribution is -2.53. The molecule has 3 aliphatic carbocycles. The number of hydrogen-bond donors (Lipinski definition) is 2. The Hall–Kier alpha value is -2.28. The maximum absolute atomic E-state index is 12.9. The van der Waals surface area contributed by atoms with Crippen LogP contribution < -0.4 is 0 Å². The van der Waals surface area contributed by atoms with E-state index in [1.807, 2.05) is 0 Å². The summed E-state index contributed by atoms with van der Waals surface area (Å²) in [5.74, 6) is -2.98. The third-order valence-corrected chi connectivity index (χ3v) is 8.12. The maximum atomic E-state index is 12.9. The largest absolute Gasteiger partial charge is 0.481 e. The number of fused-ring (bicyclic) bond motifs is 1. The van der Waals surface area contributed by atoms with E-state index in [9.17, 15) is 24.3 Å². The van der Waals surface area contributed by atoms with Gasteiger partial charge in [0.05, 0.1) is 0 Å². The second-order valence-electron chi connectivity index (χ2n) is 10.8. The van der Waals surface area contributed by atoms with Gasteiger partial charge in [-0.15, -0.1) is 0 Å². The Labute approximate surface area is 188 Å². The van der Waals surface area contributed by atoms with Crippen molar-refractivity contribution in [3.8, 4) is 0 Å². The van der Waals surface area contributed by atoms with Crippen LogP contribution in [0.3, 0.4) is 0 Å². The monoisotopic (exact) mass is 446 g/mol. The zero-order valence-corrected chi connectivity index (χ0v) is 19.2. The maximum Gasteiger partial charge on any atom is 0.317 e. The van der Waals surface area contributed by atoms with E-state index >= 15 is 0 Å². The number of esters is 1. The van der Waals surface area contributed by atoms with Gasteiger partial charge in [-0.2, -0.15) is 0 Å². The summed E-state index contributed by atoms with van der Waals surface area (Å²) in [6.45, 7) is 10.6. The Morgan fingerprint density at radius 1 is 1.22 bits per heavy atom. The molecule has 0 amide bonds. The van der Waals surface area contributed by atoms with Crippen LogP contribution in [0.1, 0.15) is 72.1 Å². The molecule has 176 valence electrons. The molecule has 3 aliphatic rings. The van der Waals surface area contributed by atoms with E-state index in [2.05, 4.69) is 27.4 Å². The highest BCUT2D eigenvalue weighted by Gasteiger charge is 2.55. The lowest BCUT2D eigenvalue weighted by Gasteiger charge is -2.58. The van der Waals surface area contributed by atoms with Gasteiger partial charge < -0.3 is 14.9 Å². The lowest BCUT2D eigenvalue weighted by molar-refractivity contribution is -0.151. The highest BCUT2D eigenvalue weighted by molar-refractivity contribution is 6.12. The number of aliphatic hydroxyl groups is 1. The number of carboxylic acids is 1. The lowest BCUT2D eigenvalue weighted by atomic mass is 9.46. The Morgan fingerprint density at radius 2 is 1.91 bits per heavy atom. The van der Waals surface area contributed by atoms with Crippen molar-refractivity contribution in [3.63, 3.8) is 0 Å². The predicted molar refractivity (Wildman–Crippen MR) is 117 cm³/mol. The first-order chi connectivity index (χ1) is 14.8. The molecule has 0 aromatic rings. The van der Waals surface area contributed by atoms with Crippen LogP contribution in [0.5, 0.6) is 0 Å².